The number of ether oxygens (including phenoxy) is 2. The Morgan fingerprint density at radius 2 is 1.66 bits per heavy atom. The van der Waals surface area contributed by atoms with Crippen LogP contribution in [-0.4, -0.2) is 52.2 Å². The van der Waals surface area contributed by atoms with Crippen molar-refractivity contribution in [2.75, 3.05) is 6.61 Å². The second kappa shape index (κ2) is 11.3. The third-order valence-corrected chi connectivity index (χ3v) is 15.6. The Morgan fingerprint density at radius 1 is 0.957 bits per heavy atom. The van der Waals surface area contributed by atoms with Gasteiger partial charge in [0.05, 0.1) is 30.8 Å². The number of carboxylic acid groups (broad SMARTS) is 1. The summed E-state index contributed by atoms with van der Waals surface area (Å²) in [5.74, 6) is -1.23. The molecule has 6 aliphatic rings. The van der Waals surface area contributed by atoms with Crippen LogP contribution in [0.15, 0.2) is 35.1 Å². The first-order valence-electron chi connectivity index (χ1n) is 18.2. The molecular weight excluding hydrogens is 592 g/mol. The first-order chi connectivity index (χ1) is 21.8. The van der Waals surface area contributed by atoms with E-state index in [-0.39, 0.29) is 46.2 Å². The van der Waals surface area contributed by atoms with Crippen LogP contribution >= 0.6 is 0 Å². The van der Waals surface area contributed by atoms with Crippen molar-refractivity contribution in [1.29, 1.82) is 0 Å². The summed E-state index contributed by atoms with van der Waals surface area (Å²) >= 11 is 0. The summed E-state index contributed by atoms with van der Waals surface area (Å²) in [7, 11) is 0. The van der Waals surface area contributed by atoms with Gasteiger partial charge in [0.25, 0.3) is 0 Å². The summed E-state index contributed by atoms with van der Waals surface area (Å²) in [6.07, 6.45) is 11.1. The molecule has 0 aromatic heterocycles. The molecule has 5 aliphatic carbocycles. The zero-order valence-corrected chi connectivity index (χ0v) is 30.3. The normalized spacial score (nSPS) is 48.0. The molecule has 47 heavy (non-hydrogen) atoms. The highest BCUT2D eigenvalue weighted by Gasteiger charge is 2.72. The van der Waals surface area contributed by atoms with Gasteiger partial charge in [-0.25, -0.2) is 0 Å². The molecular formula is C40H60O7. The smallest absolute Gasteiger partial charge is 0.314 e. The maximum Gasteiger partial charge on any atom is 0.314 e. The molecule has 0 amide bonds. The van der Waals surface area contributed by atoms with Crippen LogP contribution < -0.4 is 0 Å². The van der Waals surface area contributed by atoms with E-state index >= 15 is 0 Å². The van der Waals surface area contributed by atoms with Crippen LogP contribution in [0.25, 0.3) is 0 Å². The number of hydrogen-bond donors (Lipinski definition) is 3. The highest BCUT2D eigenvalue weighted by molar-refractivity contribution is 5.81. The lowest BCUT2D eigenvalue weighted by atomic mass is 9.33. The second-order valence-corrected chi connectivity index (χ2v) is 18.4. The van der Waals surface area contributed by atoms with E-state index in [0.717, 1.165) is 38.5 Å². The average molecular weight is 653 g/mol. The van der Waals surface area contributed by atoms with Gasteiger partial charge in [0, 0.05) is 6.42 Å². The van der Waals surface area contributed by atoms with E-state index in [1.54, 1.807) is 6.92 Å². The van der Waals surface area contributed by atoms with E-state index in [0.29, 0.717) is 37.0 Å². The number of carbonyl (C=O) groups excluding carboxylic acids is 1. The minimum atomic E-state index is -1.46. The van der Waals surface area contributed by atoms with Crippen LogP contribution in [-0.2, 0) is 19.1 Å². The van der Waals surface area contributed by atoms with Crippen LogP contribution in [0.4, 0.5) is 0 Å². The number of aliphatic hydroxyl groups excluding tert-OH is 2. The van der Waals surface area contributed by atoms with Gasteiger partial charge < -0.3 is 24.8 Å². The first kappa shape index (κ1) is 34.9. The summed E-state index contributed by atoms with van der Waals surface area (Å²) in [6.45, 7) is 20.1. The minimum absolute atomic E-state index is 0.0510. The quantitative estimate of drug-likeness (QED) is 0.163. The lowest BCUT2D eigenvalue weighted by Gasteiger charge is -2.71. The Hall–Kier alpha value is -1.96. The minimum Gasteiger partial charge on any atom is -0.481 e. The summed E-state index contributed by atoms with van der Waals surface area (Å²) in [5.41, 5.74) is -0.189. The van der Waals surface area contributed by atoms with Gasteiger partial charge in [-0.1, -0.05) is 66.2 Å². The number of hydrogen-bond acceptors (Lipinski definition) is 6. The van der Waals surface area contributed by atoms with Crippen LogP contribution in [0, 0.1) is 56.2 Å². The van der Waals surface area contributed by atoms with Gasteiger partial charge in [0.2, 0.25) is 0 Å². The number of rotatable bonds is 4. The lowest BCUT2D eigenvalue weighted by Crippen LogP contribution is -2.68. The van der Waals surface area contributed by atoms with Crippen LogP contribution in [0.5, 0.6) is 0 Å². The zero-order chi connectivity index (χ0) is 34.5. The molecule has 4 saturated carbocycles. The molecule has 11 atom stereocenters. The van der Waals surface area contributed by atoms with E-state index in [1.807, 2.05) is 13.0 Å². The van der Waals surface area contributed by atoms with Gasteiger partial charge in [-0.05, 0) is 122 Å². The molecule has 0 radical (unpaired) electrons. The highest BCUT2D eigenvalue weighted by Crippen LogP contribution is 2.76. The molecule has 7 heteroatoms. The van der Waals surface area contributed by atoms with Gasteiger partial charge in [-0.2, -0.15) is 0 Å². The number of fused-ring (bicyclic) bond motifs is 7. The molecule has 1 heterocycles. The molecule has 0 aromatic rings. The van der Waals surface area contributed by atoms with Crippen molar-refractivity contribution >= 4 is 11.9 Å². The van der Waals surface area contributed by atoms with Crippen molar-refractivity contribution in [3.63, 3.8) is 0 Å². The largest absolute Gasteiger partial charge is 0.481 e. The van der Waals surface area contributed by atoms with Crippen molar-refractivity contribution in [1.82, 2.24) is 0 Å². The molecule has 1 saturated heterocycles. The number of esters is 1. The fraction of sp³-hybridized carbons (Fsp3) is 0.800. The number of aliphatic hydroxyl groups is 2. The SMILES string of the molecule is C/C=C1\CO[C@@H](/C=C(\C)OC(=O)[C@H]2C[C@]3(C(=O)O)[C@H](O)C[C@]4(C)C(=CC[C@@H]5[C@@]6(C)CC[C@H](O)C(C)(C)[C@@H]6CC[C@]54C)[C@@H]3CC2(C)C)C1. The molecule has 7 nitrogen and oxygen atoms in total. The lowest BCUT2D eigenvalue weighted by molar-refractivity contribution is -0.222. The summed E-state index contributed by atoms with van der Waals surface area (Å²) in [5, 5.41) is 34.3. The van der Waals surface area contributed by atoms with Gasteiger partial charge >= 0.3 is 11.9 Å². The highest BCUT2D eigenvalue weighted by atomic mass is 16.5. The van der Waals surface area contributed by atoms with E-state index in [4.69, 9.17) is 9.47 Å². The zero-order valence-electron chi connectivity index (χ0n) is 30.3. The summed E-state index contributed by atoms with van der Waals surface area (Å²) in [4.78, 5) is 27.4. The molecule has 6 rings (SSSR count). The fourth-order valence-electron chi connectivity index (χ4n) is 12.5. The molecule has 0 bridgehead atoms. The van der Waals surface area contributed by atoms with Crippen molar-refractivity contribution in [3.05, 3.63) is 35.1 Å². The molecule has 5 fully saturated rings. The van der Waals surface area contributed by atoms with Crippen LogP contribution in [0.3, 0.4) is 0 Å². The van der Waals surface area contributed by atoms with E-state index in [1.165, 1.54) is 11.1 Å². The Morgan fingerprint density at radius 3 is 2.30 bits per heavy atom. The Kier molecular flexibility index (Phi) is 8.37. The van der Waals surface area contributed by atoms with Crippen molar-refractivity contribution < 1.29 is 34.4 Å². The molecule has 0 spiro atoms. The molecule has 0 aromatic carbocycles. The number of aliphatic carboxylic acids is 1. The Labute approximate surface area is 282 Å². The van der Waals surface area contributed by atoms with Gasteiger partial charge in [0.15, 0.2) is 0 Å². The van der Waals surface area contributed by atoms with E-state index < -0.39 is 34.8 Å². The molecule has 1 aliphatic heterocycles. The van der Waals surface area contributed by atoms with Crippen molar-refractivity contribution in [2.45, 2.75) is 138 Å². The van der Waals surface area contributed by atoms with Crippen molar-refractivity contribution in [3.8, 4) is 0 Å². The number of allylic oxidation sites excluding steroid dienone is 4. The average Bonchev–Trinajstić information content (AvgIpc) is 3.42. The third-order valence-electron chi connectivity index (χ3n) is 15.6. The molecule has 262 valence electrons. The van der Waals surface area contributed by atoms with Crippen molar-refractivity contribution in [2.24, 2.45) is 56.2 Å². The monoisotopic (exact) mass is 652 g/mol. The summed E-state index contributed by atoms with van der Waals surface area (Å²) in [6, 6.07) is 0. The van der Waals surface area contributed by atoms with Gasteiger partial charge in [-0.15, -0.1) is 0 Å². The predicted octanol–water partition coefficient (Wildman–Crippen LogP) is 7.61. The molecule has 0 unspecified atom stereocenters. The van der Waals surface area contributed by atoms with Gasteiger partial charge in [-0.3, -0.25) is 9.59 Å². The fourth-order valence-corrected chi connectivity index (χ4v) is 12.5. The van der Waals surface area contributed by atoms with Crippen LogP contribution in [0.1, 0.15) is 120 Å². The second-order valence-electron chi connectivity index (χ2n) is 18.4. The van der Waals surface area contributed by atoms with Gasteiger partial charge in [0.1, 0.15) is 11.2 Å². The maximum atomic E-state index is 13.9. The number of carbonyl (C=O) groups is 2. The summed E-state index contributed by atoms with van der Waals surface area (Å²) < 4.78 is 11.7. The maximum absolute atomic E-state index is 13.9. The predicted molar refractivity (Wildman–Crippen MR) is 181 cm³/mol. The van der Waals surface area contributed by atoms with E-state index in [2.05, 4.69) is 60.6 Å². The standard InChI is InChI=1S/C40H60O7/c1-10-24-18-25(46-22-24)17-23(2)47-33(43)28-20-40(34(44)45)27(19-35(28,3)4)26-11-12-30-37(7)15-14-31(41)36(5,6)29(37)13-16-38(30,8)39(26,9)21-32(40)42/h10-11,17,25,27-32,41-42H,12-16,18-22H2,1-9H3,(H,44,45)/b23-17+,24-10-/t25-,27-,28+,29-,30+,31-,32+,37-,38+,39+,40+/m0/s1. The number of carboxylic acids is 1. The Bertz CT molecular complexity index is 1400. The first-order valence-corrected chi connectivity index (χ1v) is 18.2. The van der Waals surface area contributed by atoms with Crippen LogP contribution in [0.2, 0.25) is 0 Å². The molecule has 3 N–H and O–H groups in total. The third kappa shape index (κ3) is 4.90. The Balaban J connectivity index is 1.33. The topological polar surface area (TPSA) is 113 Å². The van der Waals surface area contributed by atoms with E-state index in [9.17, 15) is 24.9 Å².